The summed E-state index contributed by atoms with van der Waals surface area (Å²) in [5.41, 5.74) is 0.147. The summed E-state index contributed by atoms with van der Waals surface area (Å²) in [4.78, 5) is 24.6. The molecule has 2 unspecified atom stereocenters. The van der Waals surface area contributed by atoms with Crippen molar-refractivity contribution in [2.24, 2.45) is 11.8 Å². The van der Waals surface area contributed by atoms with E-state index in [0.717, 1.165) is 11.8 Å². The van der Waals surface area contributed by atoms with Gasteiger partial charge in [-0.3, -0.25) is 14.9 Å². The zero-order valence-corrected chi connectivity index (χ0v) is 12.7. The summed E-state index contributed by atoms with van der Waals surface area (Å²) in [5, 5.41) is 14.4. The van der Waals surface area contributed by atoms with Crippen LogP contribution in [0.15, 0.2) is 12.3 Å². The van der Waals surface area contributed by atoms with E-state index in [0.29, 0.717) is 18.4 Å². The smallest absolute Gasteiger partial charge is 0.287 e. The molecule has 6 nitrogen and oxygen atoms in total. The number of alkyl halides is 1. The number of halogens is 1. The van der Waals surface area contributed by atoms with E-state index in [1.807, 2.05) is 0 Å². The van der Waals surface area contributed by atoms with Gasteiger partial charge in [0.25, 0.3) is 11.6 Å². The molecule has 0 spiro atoms. The molecule has 2 N–H and O–H groups in total. The van der Waals surface area contributed by atoms with E-state index in [-0.39, 0.29) is 17.3 Å². The van der Waals surface area contributed by atoms with Crippen LogP contribution >= 0.6 is 15.9 Å². The second kappa shape index (κ2) is 6.88. The lowest BCUT2D eigenvalue weighted by atomic mass is 9.80. The Hall–Kier alpha value is -1.37. The zero-order valence-electron chi connectivity index (χ0n) is 11.1. The van der Waals surface area contributed by atoms with Crippen LogP contribution in [-0.4, -0.2) is 27.7 Å². The molecular weight excluding hydrogens is 326 g/mol. The van der Waals surface area contributed by atoms with Crippen LogP contribution in [0.2, 0.25) is 0 Å². The van der Waals surface area contributed by atoms with Gasteiger partial charge in [-0.15, -0.1) is 0 Å². The first-order valence-electron chi connectivity index (χ1n) is 6.78. The Bertz CT molecular complexity index is 489. The van der Waals surface area contributed by atoms with Crippen molar-refractivity contribution in [1.29, 1.82) is 0 Å². The number of carbonyl (C=O) groups is 1. The zero-order chi connectivity index (χ0) is 14.5. The molecule has 2 atom stereocenters. The van der Waals surface area contributed by atoms with Crippen LogP contribution in [0.25, 0.3) is 0 Å². The molecule has 1 heterocycles. The van der Waals surface area contributed by atoms with E-state index in [1.165, 1.54) is 31.5 Å². The minimum atomic E-state index is -0.519. The first kappa shape index (κ1) is 15.0. The number of nitrogens with zero attached hydrogens (tertiary/aromatic N) is 1. The number of rotatable bonds is 5. The Morgan fingerprint density at radius 2 is 2.15 bits per heavy atom. The van der Waals surface area contributed by atoms with Gasteiger partial charge in [-0.1, -0.05) is 28.8 Å². The first-order valence-corrected chi connectivity index (χ1v) is 7.91. The lowest BCUT2D eigenvalue weighted by molar-refractivity contribution is -0.384. The number of aromatic amines is 1. The molecule has 0 saturated heterocycles. The number of aromatic nitrogens is 1. The Labute approximate surface area is 125 Å². The number of hydrogen-bond acceptors (Lipinski definition) is 3. The van der Waals surface area contributed by atoms with Gasteiger partial charge in [-0.25, -0.2) is 0 Å². The van der Waals surface area contributed by atoms with Crippen LogP contribution in [0.5, 0.6) is 0 Å². The van der Waals surface area contributed by atoms with E-state index in [2.05, 4.69) is 26.2 Å². The molecule has 0 radical (unpaired) electrons. The summed E-state index contributed by atoms with van der Waals surface area (Å²) in [6.07, 6.45) is 6.01. The number of nitro groups is 1. The van der Waals surface area contributed by atoms with Crippen LogP contribution < -0.4 is 5.32 Å². The molecule has 2 rings (SSSR count). The highest BCUT2D eigenvalue weighted by molar-refractivity contribution is 9.09. The van der Waals surface area contributed by atoms with Crippen molar-refractivity contribution < 1.29 is 9.72 Å². The minimum Gasteiger partial charge on any atom is -0.351 e. The fraction of sp³-hybridized carbons (Fsp3) is 0.615. The van der Waals surface area contributed by atoms with Crippen LogP contribution in [0.3, 0.4) is 0 Å². The van der Waals surface area contributed by atoms with Crippen molar-refractivity contribution >= 4 is 27.5 Å². The van der Waals surface area contributed by atoms with E-state index >= 15 is 0 Å². The minimum absolute atomic E-state index is 0.0915. The van der Waals surface area contributed by atoms with Crippen LogP contribution in [0.4, 0.5) is 5.69 Å². The Kier molecular flexibility index (Phi) is 5.17. The van der Waals surface area contributed by atoms with Gasteiger partial charge >= 0.3 is 0 Å². The molecule has 1 aliphatic carbocycles. The Morgan fingerprint density at radius 3 is 2.75 bits per heavy atom. The molecule has 110 valence electrons. The standard InChI is InChI=1S/C13H18BrN3O3/c14-6-9-3-1-2-4-10(9)7-16-13(18)12-5-11(8-15-12)17(19)20/h5,8-10,15H,1-4,6-7H2,(H,16,18). The monoisotopic (exact) mass is 343 g/mol. The molecule has 1 fully saturated rings. The first-order chi connectivity index (χ1) is 9.61. The Morgan fingerprint density at radius 1 is 1.45 bits per heavy atom. The van der Waals surface area contributed by atoms with Crippen LogP contribution in [0.1, 0.15) is 36.2 Å². The van der Waals surface area contributed by atoms with Gasteiger partial charge in [-0.05, 0) is 24.7 Å². The predicted molar refractivity (Wildman–Crippen MR) is 79.0 cm³/mol. The summed E-state index contributed by atoms with van der Waals surface area (Å²) >= 11 is 3.53. The maximum Gasteiger partial charge on any atom is 0.287 e. The van der Waals surface area contributed by atoms with Crippen molar-refractivity contribution in [3.05, 3.63) is 28.1 Å². The van der Waals surface area contributed by atoms with Gasteiger partial charge in [0.2, 0.25) is 0 Å². The maximum absolute atomic E-state index is 11.9. The molecule has 0 aromatic carbocycles. The highest BCUT2D eigenvalue weighted by atomic mass is 79.9. The highest BCUT2D eigenvalue weighted by Gasteiger charge is 2.25. The topological polar surface area (TPSA) is 88.0 Å². The van der Waals surface area contributed by atoms with E-state index in [1.54, 1.807) is 0 Å². The van der Waals surface area contributed by atoms with Crippen LogP contribution in [-0.2, 0) is 0 Å². The SMILES string of the molecule is O=C(NCC1CCCCC1CBr)c1cc([N+](=O)[O-])c[nH]1. The molecule has 1 aromatic rings. The predicted octanol–water partition coefficient (Wildman–Crippen LogP) is 2.85. The average molecular weight is 344 g/mol. The molecule has 1 aromatic heterocycles. The second-order valence-corrected chi connectivity index (χ2v) is 5.85. The summed E-state index contributed by atoms with van der Waals surface area (Å²) in [5.74, 6) is 0.802. The largest absolute Gasteiger partial charge is 0.351 e. The molecule has 7 heteroatoms. The number of carbonyl (C=O) groups excluding carboxylic acids is 1. The van der Waals surface area contributed by atoms with Crippen molar-refractivity contribution in [2.45, 2.75) is 25.7 Å². The van der Waals surface area contributed by atoms with Crippen molar-refractivity contribution in [3.63, 3.8) is 0 Å². The van der Waals surface area contributed by atoms with Gasteiger partial charge in [0.1, 0.15) is 5.69 Å². The molecule has 1 amide bonds. The summed E-state index contributed by atoms with van der Waals surface area (Å²) < 4.78 is 0. The third-order valence-electron chi connectivity index (χ3n) is 3.91. The lowest BCUT2D eigenvalue weighted by Crippen LogP contribution is -2.34. The lowest BCUT2D eigenvalue weighted by Gasteiger charge is -2.30. The molecule has 0 bridgehead atoms. The average Bonchev–Trinajstić information content (AvgIpc) is 2.95. The van der Waals surface area contributed by atoms with Gasteiger partial charge in [0, 0.05) is 17.9 Å². The molecule has 1 aliphatic rings. The van der Waals surface area contributed by atoms with Crippen molar-refractivity contribution in [1.82, 2.24) is 10.3 Å². The molecule has 20 heavy (non-hydrogen) atoms. The normalized spacial score (nSPS) is 22.4. The second-order valence-electron chi connectivity index (χ2n) is 5.20. The molecule has 0 aliphatic heterocycles. The molecular formula is C13H18BrN3O3. The van der Waals surface area contributed by atoms with E-state index in [4.69, 9.17) is 0 Å². The Balaban J connectivity index is 1.89. The number of nitrogens with one attached hydrogen (secondary N) is 2. The summed E-state index contributed by atoms with van der Waals surface area (Å²) in [7, 11) is 0. The summed E-state index contributed by atoms with van der Waals surface area (Å²) in [6, 6.07) is 1.26. The summed E-state index contributed by atoms with van der Waals surface area (Å²) in [6.45, 7) is 0.627. The van der Waals surface area contributed by atoms with Crippen LogP contribution in [0, 0.1) is 22.0 Å². The van der Waals surface area contributed by atoms with Gasteiger partial charge < -0.3 is 10.3 Å². The maximum atomic E-state index is 11.9. The van der Waals surface area contributed by atoms with Crippen molar-refractivity contribution in [2.75, 3.05) is 11.9 Å². The third-order valence-corrected chi connectivity index (χ3v) is 4.74. The number of H-pyrrole nitrogens is 1. The number of hydrogen-bond donors (Lipinski definition) is 2. The highest BCUT2D eigenvalue weighted by Crippen LogP contribution is 2.30. The van der Waals surface area contributed by atoms with E-state index in [9.17, 15) is 14.9 Å². The number of amides is 1. The van der Waals surface area contributed by atoms with Crippen molar-refractivity contribution in [3.8, 4) is 0 Å². The van der Waals surface area contributed by atoms with Gasteiger partial charge in [-0.2, -0.15) is 0 Å². The van der Waals surface area contributed by atoms with Gasteiger partial charge in [0.05, 0.1) is 11.1 Å². The van der Waals surface area contributed by atoms with Gasteiger partial charge in [0.15, 0.2) is 0 Å². The molecule has 1 saturated carbocycles. The quantitative estimate of drug-likeness (QED) is 0.489. The fourth-order valence-corrected chi connectivity index (χ4v) is 3.55. The third kappa shape index (κ3) is 3.59. The fourth-order valence-electron chi connectivity index (χ4n) is 2.69. The van der Waals surface area contributed by atoms with E-state index < -0.39 is 4.92 Å².